The Morgan fingerprint density at radius 2 is 2.05 bits per heavy atom. The zero-order chi connectivity index (χ0) is 13.9. The number of rotatable bonds is 4. The first-order valence-corrected chi connectivity index (χ1v) is 8.07. The molecule has 0 spiro atoms. The summed E-state index contributed by atoms with van der Waals surface area (Å²) in [7, 11) is 0. The second-order valence-electron chi connectivity index (χ2n) is 6.27. The highest BCUT2D eigenvalue weighted by molar-refractivity contribution is 7.99. The maximum Gasteiger partial charge on any atom is 0.187 e. The maximum absolute atomic E-state index is 4.44. The summed E-state index contributed by atoms with van der Waals surface area (Å²) >= 11 is 1.84. The van der Waals surface area contributed by atoms with Gasteiger partial charge in [0.15, 0.2) is 5.16 Å². The summed E-state index contributed by atoms with van der Waals surface area (Å²) in [6.07, 6.45) is 7.60. The molecule has 2 unspecified atom stereocenters. The van der Waals surface area contributed by atoms with Crippen molar-refractivity contribution in [3.8, 4) is 0 Å². The monoisotopic (exact) mass is 279 g/mol. The summed E-state index contributed by atoms with van der Waals surface area (Å²) in [6, 6.07) is 0.591. The van der Waals surface area contributed by atoms with E-state index in [4.69, 9.17) is 0 Å². The molecule has 1 aliphatic rings. The van der Waals surface area contributed by atoms with Gasteiger partial charge in [0.1, 0.15) is 0 Å². The third-order valence-electron chi connectivity index (χ3n) is 3.82. The van der Waals surface area contributed by atoms with Crippen molar-refractivity contribution in [2.45, 2.75) is 63.4 Å². The van der Waals surface area contributed by atoms with Crippen molar-refractivity contribution < 1.29 is 0 Å². The SMILES string of the molecule is CCNC1CCC(C)(C)CC1Sc1ncc(C)cn1. The molecule has 4 heteroatoms. The fraction of sp³-hybridized carbons (Fsp3) is 0.733. The number of nitrogens with zero attached hydrogens (tertiary/aromatic N) is 2. The van der Waals surface area contributed by atoms with Gasteiger partial charge in [-0.1, -0.05) is 32.5 Å². The minimum absolute atomic E-state index is 0.439. The number of nitrogens with one attached hydrogen (secondary N) is 1. The summed E-state index contributed by atoms with van der Waals surface area (Å²) in [6.45, 7) is 10.00. The Balaban J connectivity index is 2.06. The Morgan fingerprint density at radius 1 is 1.37 bits per heavy atom. The second-order valence-corrected chi connectivity index (χ2v) is 7.48. The zero-order valence-electron chi connectivity index (χ0n) is 12.4. The van der Waals surface area contributed by atoms with Gasteiger partial charge in [-0.25, -0.2) is 9.97 Å². The van der Waals surface area contributed by atoms with Gasteiger partial charge in [0.2, 0.25) is 0 Å². The van der Waals surface area contributed by atoms with E-state index in [1.54, 1.807) is 0 Å². The third kappa shape index (κ3) is 4.18. The van der Waals surface area contributed by atoms with E-state index in [1.807, 2.05) is 31.1 Å². The molecule has 1 saturated carbocycles. The molecular weight excluding hydrogens is 254 g/mol. The second kappa shape index (κ2) is 6.23. The molecular formula is C15H25N3S. The molecule has 1 aromatic heterocycles. The van der Waals surface area contributed by atoms with Crippen molar-refractivity contribution >= 4 is 11.8 Å². The Morgan fingerprint density at radius 3 is 2.68 bits per heavy atom. The molecule has 1 heterocycles. The Labute approximate surface area is 121 Å². The molecule has 2 rings (SSSR count). The molecule has 19 heavy (non-hydrogen) atoms. The van der Waals surface area contributed by atoms with E-state index in [9.17, 15) is 0 Å². The lowest BCUT2D eigenvalue weighted by atomic mass is 9.75. The summed E-state index contributed by atoms with van der Waals surface area (Å²) in [5.41, 5.74) is 1.56. The summed E-state index contributed by atoms with van der Waals surface area (Å²) < 4.78 is 0. The van der Waals surface area contributed by atoms with Crippen LogP contribution in [0.25, 0.3) is 0 Å². The lowest BCUT2D eigenvalue weighted by molar-refractivity contribution is 0.215. The quantitative estimate of drug-likeness (QED) is 0.857. The van der Waals surface area contributed by atoms with Crippen LogP contribution in [-0.4, -0.2) is 27.8 Å². The van der Waals surface area contributed by atoms with Crippen molar-refractivity contribution in [3.63, 3.8) is 0 Å². The van der Waals surface area contributed by atoms with E-state index in [0.29, 0.717) is 16.7 Å². The molecule has 1 N–H and O–H groups in total. The minimum atomic E-state index is 0.439. The Hall–Kier alpha value is -0.610. The van der Waals surface area contributed by atoms with Crippen LogP contribution >= 0.6 is 11.8 Å². The predicted octanol–water partition coefficient (Wildman–Crippen LogP) is 3.43. The Kier molecular flexibility index (Phi) is 4.85. The zero-order valence-corrected chi connectivity index (χ0v) is 13.3. The third-order valence-corrected chi connectivity index (χ3v) is 5.03. The average Bonchev–Trinajstić information content (AvgIpc) is 2.35. The molecule has 1 aliphatic carbocycles. The molecule has 0 saturated heterocycles. The number of hydrogen-bond donors (Lipinski definition) is 1. The predicted molar refractivity (Wildman–Crippen MR) is 81.5 cm³/mol. The van der Waals surface area contributed by atoms with E-state index >= 15 is 0 Å². The highest BCUT2D eigenvalue weighted by Gasteiger charge is 2.35. The molecule has 0 amide bonds. The molecule has 106 valence electrons. The van der Waals surface area contributed by atoms with Gasteiger partial charge < -0.3 is 5.32 Å². The fourth-order valence-corrected chi connectivity index (χ4v) is 4.15. The highest BCUT2D eigenvalue weighted by Crippen LogP contribution is 2.41. The van der Waals surface area contributed by atoms with Gasteiger partial charge in [0.05, 0.1) is 0 Å². The van der Waals surface area contributed by atoms with Crippen LogP contribution in [0.5, 0.6) is 0 Å². The van der Waals surface area contributed by atoms with Gasteiger partial charge in [-0.05, 0) is 43.7 Å². The smallest absolute Gasteiger partial charge is 0.187 e. The number of hydrogen-bond acceptors (Lipinski definition) is 4. The van der Waals surface area contributed by atoms with E-state index in [1.165, 1.54) is 19.3 Å². The van der Waals surface area contributed by atoms with Gasteiger partial charge >= 0.3 is 0 Å². The molecule has 3 nitrogen and oxygen atoms in total. The average molecular weight is 279 g/mol. The van der Waals surface area contributed by atoms with Crippen molar-refractivity contribution in [1.29, 1.82) is 0 Å². The van der Waals surface area contributed by atoms with Crippen molar-refractivity contribution in [2.24, 2.45) is 5.41 Å². The van der Waals surface area contributed by atoms with Gasteiger partial charge in [-0.2, -0.15) is 0 Å². The topological polar surface area (TPSA) is 37.8 Å². The molecule has 0 aromatic carbocycles. The maximum atomic E-state index is 4.44. The molecule has 0 aliphatic heterocycles. The fourth-order valence-electron chi connectivity index (χ4n) is 2.72. The van der Waals surface area contributed by atoms with E-state index in [2.05, 4.69) is 36.1 Å². The largest absolute Gasteiger partial charge is 0.313 e. The van der Waals surface area contributed by atoms with E-state index in [-0.39, 0.29) is 0 Å². The van der Waals surface area contributed by atoms with Gasteiger partial charge in [0.25, 0.3) is 0 Å². The van der Waals surface area contributed by atoms with Crippen LogP contribution in [0.1, 0.15) is 45.6 Å². The van der Waals surface area contributed by atoms with Crippen molar-refractivity contribution in [2.75, 3.05) is 6.54 Å². The standard InChI is InChI=1S/C15H25N3S/c1-5-16-12-6-7-15(3,4)8-13(12)19-14-17-9-11(2)10-18-14/h9-10,12-13,16H,5-8H2,1-4H3. The molecule has 0 bridgehead atoms. The van der Waals surface area contributed by atoms with Crippen LogP contribution in [0.2, 0.25) is 0 Å². The van der Waals surface area contributed by atoms with Crippen LogP contribution in [0.3, 0.4) is 0 Å². The van der Waals surface area contributed by atoms with E-state index in [0.717, 1.165) is 17.3 Å². The number of aryl methyl sites for hydroxylation is 1. The minimum Gasteiger partial charge on any atom is -0.313 e. The first-order valence-electron chi connectivity index (χ1n) is 7.19. The van der Waals surface area contributed by atoms with Crippen LogP contribution in [0, 0.1) is 12.3 Å². The van der Waals surface area contributed by atoms with Gasteiger partial charge in [-0.3, -0.25) is 0 Å². The number of aromatic nitrogens is 2. The van der Waals surface area contributed by atoms with Crippen LogP contribution in [-0.2, 0) is 0 Å². The molecule has 0 radical (unpaired) electrons. The molecule has 1 fully saturated rings. The summed E-state index contributed by atoms with van der Waals surface area (Å²) in [4.78, 5) is 8.88. The van der Waals surface area contributed by atoms with Crippen molar-refractivity contribution in [1.82, 2.24) is 15.3 Å². The highest BCUT2D eigenvalue weighted by atomic mass is 32.2. The van der Waals surface area contributed by atoms with Crippen LogP contribution < -0.4 is 5.32 Å². The number of thioether (sulfide) groups is 1. The van der Waals surface area contributed by atoms with Gasteiger partial charge in [-0.15, -0.1) is 0 Å². The lowest BCUT2D eigenvalue weighted by Gasteiger charge is -2.40. The molecule has 2 atom stereocenters. The molecule has 1 aromatic rings. The normalized spacial score (nSPS) is 26.3. The first-order chi connectivity index (χ1) is 9.00. The first kappa shape index (κ1) is 14.8. The van der Waals surface area contributed by atoms with Crippen LogP contribution in [0.15, 0.2) is 17.6 Å². The summed E-state index contributed by atoms with van der Waals surface area (Å²) in [5, 5.41) is 5.12. The summed E-state index contributed by atoms with van der Waals surface area (Å²) in [5.74, 6) is 0. The van der Waals surface area contributed by atoms with Gasteiger partial charge in [0, 0.05) is 23.7 Å². The lowest BCUT2D eigenvalue weighted by Crippen LogP contribution is -2.44. The van der Waals surface area contributed by atoms with Crippen molar-refractivity contribution in [3.05, 3.63) is 18.0 Å². The van der Waals surface area contributed by atoms with Crippen LogP contribution in [0.4, 0.5) is 0 Å². The Bertz CT molecular complexity index is 402. The van der Waals surface area contributed by atoms with E-state index < -0.39 is 0 Å².